The summed E-state index contributed by atoms with van der Waals surface area (Å²) in [5.41, 5.74) is 0. The topological polar surface area (TPSA) is 104 Å². The summed E-state index contributed by atoms with van der Waals surface area (Å²) in [7, 11) is -3.46. The second-order valence-electron chi connectivity index (χ2n) is 2.25. The molecule has 0 aromatic rings. The van der Waals surface area contributed by atoms with Gasteiger partial charge in [-0.1, -0.05) is 0 Å². The van der Waals surface area contributed by atoms with Gasteiger partial charge in [-0.15, -0.1) is 0 Å². The summed E-state index contributed by atoms with van der Waals surface area (Å²) in [5, 5.41) is 17.0. The Hall–Kier alpha value is -0.680. The lowest BCUT2D eigenvalue weighted by Crippen LogP contribution is -2.33. The Labute approximate surface area is 70.9 Å². The summed E-state index contributed by atoms with van der Waals surface area (Å²) >= 11 is 0. The molecule has 0 aliphatic carbocycles. The second kappa shape index (κ2) is 4.37. The molecule has 70 valence electrons. The maximum atomic E-state index is 10.2. The van der Waals surface area contributed by atoms with E-state index in [0.717, 1.165) is 7.05 Å². The van der Waals surface area contributed by atoms with Gasteiger partial charge >= 0.3 is 0 Å². The Morgan fingerprint density at radius 1 is 1.75 bits per heavy atom. The van der Waals surface area contributed by atoms with E-state index in [0.29, 0.717) is 4.31 Å². The Balaban J connectivity index is 4.04. The minimum Gasteiger partial charge on any atom is -0.735 e. The number of likely N-dealkylation sites (N-methyl/N-ethyl adjacent to an activating group) is 1. The van der Waals surface area contributed by atoms with E-state index in [1.54, 1.807) is 6.07 Å². The molecule has 7 heteroatoms. The van der Waals surface area contributed by atoms with Gasteiger partial charge in [0.1, 0.15) is 0 Å². The van der Waals surface area contributed by atoms with Crippen LogP contribution in [0.1, 0.15) is 6.42 Å². The Morgan fingerprint density at radius 3 is 2.58 bits per heavy atom. The van der Waals surface area contributed by atoms with Gasteiger partial charge < -0.3 is 9.66 Å². The average Bonchev–Trinajstić information content (AvgIpc) is 1.85. The molecule has 12 heavy (non-hydrogen) atoms. The second-order valence-corrected chi connectivity index (χ2v) is 3.73. The van der Waals surface area contributed by atoms with Crippen LogP contribution in [0.25, 0.3) is 0 Å². The maximum absolute atomic E-state index is 10.2. The molecule has 1 unspecified atom stereocenters. The molecule has 6 nitrogen and oxygen atoms in total. The predicted molar refractivity (Wildman–Crippen MR) is 38.6 cm³/mol. The van der Waals surface area contributed by atoms with Crippen molar-refractivity contribution in [1.82, 2.24) is 4.31 Å². The van der Waals surface area contributed by atoms with Crippen molar-refractivity contribution >= 4 is 10.3 Å². The number of hydrogen-bond acceptors (Lipinski definition) is 5. The van der Waals surface area contributed by atoms with Gasteiger partial charge in [0.2, 0.25) is 0 Å². The standard InChI is InChI=1S/C5H10N2O4S/c1-7(12(9,10)11)4-5(8)2-3-6/h5,8H,2,4H2,1H3,(H,9,10,11)/p-1. The summed E-state index contributed by atoms with van der Waals surface area (Å²) in [4.78, 5) is 0. The lowest BCUT2D eigenvalue weighted by Gasteiger charge is -2.21. The van der Waals surface area contributed by atoms with Crippen LogP contribution in [-0.4, -0.2) is 42.1 Å². The van der Waals surface area contributed by atoms with Gasteiger partial charge in [-0.25, -0.2) is 12.7 Å². The molecule has 0 saturated heterocycles. The van der Waals surface area contributed by atoms with Crippen LogP contribution >= 0.6 is 0 Å². The Morgan fingerprint density at radius 2 is 2.25 bits per heavy atom. The van der Waals surface area contributed by atoms with Crippen molar-refractivity contribution < 1.29 is 18.1 Å². The van der Waals surface area contributed by atoms with Gasteiger partial charge in [0.05, 0.1) is 18.6 Å². The zero-order chi connectivity index (χ0) is 9.78. The normalized spacial score (nSPS) is 14.2. The summed E-state index contributed by atoms with van der Waals surface area (Å²) in [6.07, 6.45) is -1.30. The minimum atomic E-state index is -4.50. The molecule has 0 heterocycles. The van der Waals surface area contributed by atoms with E-state index in [4.69, 9.17) is 10.4 Å². The first-order chi connectivity index (χ1) is 5.38. The van der Waals surface area contributed by atoms with Crippen molar-refractivity contribution in [2.75, 3.05) is 13.6 Å². The zero-order valence-corrected chi connectivity index (χ0v) is 7.28. The van der Waals surface area contributed by atoms with E-state index in [9.17, 15) is 13.0 Å². The van der Waals surface area contributed by atoms with Gasteiger partial charge in [0, 0.05) is 13.6 Å². The molecule has 0 spiro atoms. The predicted octanol–water partition coefficient (Wildman–Crippen LogP) is -1.35. The quantitative estimate of drug-likeness (QED) is 0.556. The molecule has 0 radical (unpaired) electrons. The summed E-state index contributed by atoms with van der Waals surface area (Å²) in [6, 6.07) is 1.65. The molecule has 0 aliphatic heterocycles. The highest BCUT2D eigenvalue weighted by Crippen LogP contribution is 1.97. The van der Waals surface area contributed by atoms with E-state index in [1.807, 2.05) is 0 Å². The van der Waals surface area contributed by atoms with Crippen molar-refractivity contribution in [3.05, 3.63) is 0 Å². The highest BCUT2D eigenvalue weighted by atomic mass is 32.2. The fourth-order valence-corrected chi connectivity index (χ4v) is 0.913. The third-order valence-electron chi connectivity index (χ3n) is 1.18. The van der Waals surface area contributed by atoms with E-state index in [2.05, 4.69) is 0 Å². The Bertz CT molecular complexity index is 268. The monoisotopic (exact) mass is 193 g/mol. The minimum absolute atomic E-state index is 0.195. The van der Waals surface area contributed by atoms with Crippen LogP contribution in [0.15, 0.2) is 0 Å². The summed E-state index contributed by atoms with van der Waals surface area (Å²) in [6.45, 7) is -0.348. The van der Waals surface area contributed by atoms with Crippen LogP contribution in [0.5, 0.6) is 0 Å². The van der Waals surface area contributed by atoms with Crippen LogP contribution < -0.4 is 0 Å². The maximum Gasteiger partial charge on any atom is 0.161 e. The van der Waals surface area contributed by atoms with E-state index < -0.39 is 16.4 Å². The molecule has 0 aliphatic rings. The average molecular weight is 193 g/mol. The first-order valence-corrected chi connectivity index (χ1v) is 4.46. The number of aliphatic hydroxyl groups excluding tert-OH is 1. The van der Waals surface area contributed by atoms with Gasteiger partial charge in [-0.3, -0.25) is 0 Å². The molecule has 0 fully saturated rings. The number of nitrogens with zero attached hydrogens (tertiary/aromatic N) is 2. The summed E-state index contributed by atoms with van der Waals surface area (Å²) < 4.78 is 31.2. The van der Waals surface area contributed by atoms with Gasteiger partial charge in [-0.2, -0.15) is 5.26 Å². The van der Waals surface area contributed by atoms with Gasteiger partial charge in [-0.05, 0) is 0 Å². The smallest absolute Gasteiger partial charge is 0.161 e. The van der Waals surface area contributed by atoms with Crippen LogP contribution in [0.4, 0.5) is 0 Å². The number of hydrogen-bond donors (Lipinski definition) is 1. The van der Waals surface area contributed by atoms with Crippen LogP contribution in [0.2, 0.25) is 0 Å². The van der Waals surface area contributed by atoms with Gasteiger partial charge in [0.25, 0.3) is 0 Å². The molecule has 0 bridgehead atoms. The van der Waals surface area contributed by atoms with Crippen molar-refractivity contribution in [2.45, 2.75) is 12.5 Å². The molecular weight excluding hydrogens is 184 g/mol. The number of nitriles is 1. The fraction of sp³-hybridized carbons (Fsp3) is 0.800. The molecule has 0 amide bonds. The van der Waals surface area contributed by atoms with Gasteiger partial charge in [0.15, 0.2) is 10.3 Å². The fourth-order valence-electron chi connectivity index (χ4n) is 0.558. The number of aliphatic hydroxyl groups is 1. The van der Waals surface area contributed by atoms with E-state index in [1.165, 1.54) is 0 Å². The molecular formula is C5H9N2O4S-. The molecule has 1 atom stereocenters. The van der Waals surface area contributed by atoms with E-state index in [-0.39, 0.29) is 13.0 Å². The molecule has 0 aromatic carbocycles. The molecule has 0 aromatic heterocycles. The van der Waals surface area contributed by atoms with Crippen LogP contribution in [-0.2, 0) is 10.3 Å². The third-order valence-corrected chi connectivity index (χ3v) is 2.09. The third kappa shape index (κ3) is 4.25. The SMILES string of the molecule is CN(CC(O)CC#N)S(=O)(=O)[O-]. The Kier molecular flexibility index (Phi) is 4.12. The van der Waals surface area contributed by atoms with Crippen molar-refractivity contribution in [2.24, 2.45) is 0 Å². The van der Waals surface area contributed by atoms with E-state index >= 15 is 0 Å². The highest BCUT2D eigenvalue weighted by molar-refractivity contribution is 7.83. The molecule has 1 N–H and O–H groups in total. The highest BCUT2D eigenvalue weighted by Gasteiger charge is 2.11. The first kappa shape index (κ1) is 11.3. The lowest BCUT2D eigenvalue weighted by atomic mass is 10.3. The largest absolute Gasteiger partial charge is 0.735 e. The zero-order valence-electron chi connectivity index (χ0n) is 6.47. The molecule has 0 rings (SSSR count). The first-order valence-electron chi connectivity index (χ1n) is 3.10. The van der Waals surface area contributed by atoms with Crippen LogP contribution in [0.3, 0.4) is 0 Å². The van der Waals surface area contributed by atoms with Crippen molar-refractivity contribution in [3.8, 4) is 6.07 Å². The van der Waals surface area contributed by atoms with Crippen LogP contribution in [0, 0.1) is 11.3 Å². The summed E-state index contributed by atoms with van der Waals surface area (Å²) in [5.74, 6) is 0. The lowest BCUT2D eigenvalue weighted by molar-refractivity contribution is 0.153. The molecule has 0 saturated carbocycles. The van der Waals surface area contributed by atoms with Crippen molar-refractivity contribution in [3.63, 3.8) is 0 Å². The van der Waals surface area contributed by atoms with Crippen molar-refractivity contribution in [1.29, 1.82) is 5.26 Å². The number of rotatable bonds is 4.